The van der Waals surface area contributed by atoms with Gasteiger partial charge >= 0.3 is 18.1 Å². The highest BCUT2D eigenvalue weighted by atomic mass is 19.4. The quantitative estimate of drug-likeness (QED) is 0.456. The van der Waals surface area contributed by atoms with Gasteiger partial charge in [0.15, 0.2) is 5.82 Å². The van der Waals surface area contributed by atoms with Crippen molar-refractivity contribution in [1.82, 2.24) is 9.88 Å². The van der Waals surface area contributed by atoms with Crippen LogP contribution in [0.2, 0.25) is 0 Å². The van der Waals surface area contributed by atoms with Crippen LogP contribution < -0.4 is 21.4 Å². The third kappa shape index (κ3) is 3.30. The number of carboxylic acids is 1. The maximum absolute atomic E-state index is 15.6. The van der Waals surface area contributed by atoms with Gasteiger partial charge in [-0.15, -0.1) is 0 Å². The molecule has 4 N–H and O–H groups in total. The second-order valence-corrected chi connectivity index (χ2v) is 9.51. The minimum atomic E-state index is -5.03. The Morgan fingerprint density at radius 3 is 2.44 bits per heavy atom. The third-order valence-corrected chi connectivity index (χ3v) is 7.25. The summed E-state index contributed by atoms with van der Waals surface area (Å²) in [5.74, 6) is -4.41. The average Bonchev–Trinajstić information content (AvgIpc) is 3.65. The lowest BCUT2D eigenvalue weighted by molar-refractivity contribution is -0.174. The molecule has 8 nitrogen and oxygen atoms in total. The van der Waals surface area contributed by atoms with Gasteiger partial charge in [-0.3, -0.25) is 9.59 Å². The third-order valence-electron chi connectivity index (χ3n) is 7.25. The lowest BCUT2D eigenvalue weighted by Gasteiger charge is -2.25. The Labute approximate surface area is 190 Å². The molecule has 3 fully saturated rings. The zero-order valence-electron chi connectivity index (χ0n) is 18.1. The normalized spacial score (nSPS) is 21.3. The highest BCUT2D eigenvalue weighted by molar-refractivity contribution is 6.01. The summed E-state index contributed by atoms with van der Waals surface area (Å²) in [6, 6.07) is -0.887. The van der Waals surface area contributed by atoms with Crippen LogP contribution in [-0.2, 0) is 4.79 Å². The van der Waals surface area contributed by atoms with Crippen molar-refractivity contribution in [3.8, 4) is 0 Å². The molecule has 2 aromatic rings. The van der Waals surface area contributed by atoms with E-state index in [1.54, 1.807) is 16.4 Å². The molecule has 2 aliphatic carbocycles. The van der Waals surface area contributed by atoms with Gasteiger partial charge in [0.1, 0.15) is 5.56 Å². The van der Waals surface area contributed by atoms with E-state index in [0.29, 0.717) is 23.9 Å². The van der Waals surface area contributed by atoms with Gasteiger partial charge in [-0.25, -0.2) is 9.18 Å². The van der Waals surface area contributed by atoms with Gasteiger partial charge in [0.05, 0.1) is 28.3 Å². The van der Waals surface area contributed by atoms with Crippen molar-refractivity contribution in [2.24, 2.45) is 5.41 Å². The number of nitrogens with one attached hydrogen (secondary N) is 1. The highest BCUT2D eigenvalue weighted by Crippen LogP contribution is 2.55. The molecule has 0 radical (unpaired) electrons. The number of nitrogens with two attached hydrogens (primary N) is 1. The summed E-state index contributed by atoms with van der Waals surface area (Å²) in [5.41, 5.74) is 4.28. The number of nitrogens with zero attached hydrogens (tertiary/aromatic N) is 2. The Balaban J connectivity index is 1.64. The molecule has 0 unspecified atom stereocenters. The molecule has 1 spiro atoms. The Morgan fingerprint density at radius 2 is 1.91 bits per heavy atom. The van der Waals surface area contributed by atoms with Gasteiger partial charge in [-0.1, -0.05) is 0 Å². The van der Waals surface area contributed by atoms with Crippen LogP contribution in [0.3, 0.4) is 0 Å². The average molecular weight is 482 g/mol. The van der Waals surface area contributed by atoms with Crippen molar-refractivity contribution in [3.05, 3.63) is 33.4 Å². The Morgan fingerprint density at radius 1 is 1.26 bits per heavy atom. The van der Waals surface area contributed by atoms with Crippen molar-refractivity contribution in [1.29, 1.82) is 0 Å². The molecule has 1 aliphatic heterocycles. The van der Waals surface area contributed by atoms with Crippen LogP contribution in [0.5, 0.6) is 0 Å². The first-order chi connectivity index (χ1) is 15.9. The van der Waals surface area contributed by atoms with Gasteiger partial charge in [-0.05, 0) is 38.2 Å². The number of fused-ring (bicyclic) bond motifs is 1. The molecular weight excluding hydrogens is 460 g/mol. The standard InChI is InChI=1S/C22H22F4N4O4/c1-9-16-13(18(31)11(19(32)33)6-30(16)10-2-3-10)15(27)14(23)17(9)29-7-12(21(8-29)4-5-21)28-20(34)22(24,25)26/h6,10,12H,2-5,7-8,27H2,1H3,(H,28,34)(H,32,33)/t12-/m1/s1. The fourth-order valence-corrected chi connectivity index (χ4v) is 5.19. The summed E-state index contributed by atoms with van der Waals surface area (Å²) in [6.07, 6.45) is -1.10. The number of aryl methyl sites for hydroxylation is 1. The van der Waals surface area contributed by atoms with Crippen molar-refractivity contribution in [2.45, 2.75) is 50.9 Å². The number of aromatic carboxylic acids is 1. The largest absolute Gasteiger partial charge is 0.477 e. The van der Waals surface area contributed by atoms with E-state index in [1.165, 1.54) is 6.20 Å². The zero-order valence-corrected chi connectivity index (χ0v) is 18.1. The van der Waals surface area contributed by atoms with Gasteiger partial charge in [-0.2, -0.15) is 13.2 Å². The van der Waals surface area contributed by atoms with E-state index in [1.807, 2.05) is 0 Å². The molecule has 1 amide bonds. The lowest BCUT2D eigenvalue weighted by Crippen LogP contribution is -2.47. The summed E-state index contributed by atoms with van der Waals surface area (Å²) in [7, 11) is 0. The first-order valence-electron chi connectivity index (χ1n) is 10.9. The van der Waals surface area contributed by atoms with E-state index >= 15 is 4.39 Å². The number of halogens is 4. The number of aromatic nitrogens is 1. The molecule has 1 saturated heterocycles. The second-order valence-electron chi connectivity index (χ2n) is 9.51. The van der Waals surface area contributed by atoms with Crippen LogP contribution in [-0.4, -0.2) is 46.9 Å². The summed E-state index contributed by atoms with van der Waals surface area (Å²) < 4.78 is 55.7. The van der Waals surface area contributed by atoms with E-state index in [9.17, 15) is 32.7 Å². The topological polar surface area (TPSA) is 118 Å². The zero-order chi connectivity index (χ0) is 24.7. The van der Waals surface area contributed by atoms with E-state index in [4.69, 9.17) is 5.73 Å². The lowest BCUT2D eigenvalue weighted by atomic mass is 10.0. The molecule has 182 valence electrons. The number of carbonyl (C=O) groups excluding carboxylic acids is 1. The maximum Gasteiger partial charge on any atom is 0.471 e. The Hall–Kier alpha value is -3.31. The Bertz CT molecular complexity index is 1310. The van der Waals surface area contributed by atoms with E-state index in [0.717, 1.165) is 12.8 Å². The molecule has 3 aliphatic rings. The summed E-state index contributed by atoms with van der Waals surface area (Å²) >= 11 is 0. The number of nitrogen functional groups attached to an aromatic ring is 1. The molecule has 2 heterocycles. The van der Waals surface area contributed by atoms with Crippen LogP contribution in [0.15, 0.2) is 11.0 Å². The van der Waals surface area contributed by atoms with E-state index in [2.05, 4.69) is 5.32 Å². The predicted molar refractivity (Wildman–Crippen MR) is 114 cm³/mol. The predicted octanol–water partition coefficient (Wildman–Crippen LogP) is 2.71. The number of carbonyl (C=O) groups is 2. The molecule has 0 bridgehead atoms. The number of anilines is 2. The molecule has 34 heavy (non-hydrogen) atoms. The summed E-state index contributed by atoms with van der Waals surface area (Å²) in [5, 5.41) is 11.3. The molecule has 2 saturated carbocycles. The van der Waals surface area contributed by atoms with Gasteiger partial charge < -0.3 is 25.6 Å². The number of carboxylic acid groups (broad SMARTS) is 1. The van der Waals surface area contributed by atoms with Crippen molar-refractivity contribution >= 4 is 34.2 Å². The molecule has 1 atom stereocenters. The fraction of sp³-hybridized carbons (Fsp3) is 0.500. The number of pyridine rings is 1. The summed E-state index contributed by atoms with van der Waals surface area (Å²) in [4.78, 5) is 37.6. The minimum Gasteiger partial charge on any atom is -0.477 e. The SMILES string of the molecule is Cc1c(N2C[C@@H](NC(=O)C(F)(F)F)C3(CC3)C2)c(F)c(N)c2c(=O)c(C(=O)O)cn(C3CC3)c12. The maximum atomic E-state index is 15.6. The van der Waals surface area contributed by atoms with Crippen LogP contribution in [0.25, 0.3) is 10.9 Å². The number of amides is 1. The molecule has 5 rings (SSSR count). The molecule has 1 aromatic carbocycles. The number of alkyl halides is 3. The molecule has 12 heteroatoms. The minimum absolute atomic E-state index is 0.0502. The van der Waals surface area contributed by atoms with Gasteiger partial charge in [0, 0.05) is 30.7 Å². The number of benzene rings is 1. The second kappa shape index (κ2) is 7.09. The monoisotopic (exact) mass is 482 g/mol. The smallest absolute Gasteiger partial charge is 0.471 e. The van der Waals surface area contributed by atoms with E-state index < -0.39 is 52.0 Å². The van der Waals surface area contributed by atoms with Crippen LogP contribution in [0, 0.1) is 18.2 Å². The molecule has 1 aromatic heterocycles. The first-order valence-corrected chi connectivity index (χ1v) is 10.9. The van der Waals surface area contributed by atoms with Crippen LogP contribution >= 0.6 is 0 Å². The van der Waals surface area contributed by atoms with Crippen LogP contribution in [0.4, 0.5) is 28.9 Å². The first kappa shape index (κ1) is 22.5. The van der Waals surface area contributed by atoms with Gasteiger partial charge in [0.2, 0.25) is 5.43 Å². The Kier molecular flexibility index (Phi) is 4.69. The molecular formula is C22H22F4N4O4. The number of hydrogen-bond acceptors (Lipinski definition) is 5. The highest BCUT2D eigenvalue weighted by Gasteiger charge is 2.57. The van der Waals surface area contributed by atoms with Crippen LogP contribution in [0.1, 0.15) is 47.6 Å². The number of hydrogen-bond donors (Lipinski definition) is 3. The van der Waals surface area contributed by atoms with E-state index in [-0.39, 0.29) is 30.2 Å². The summed E-state index contributed by atoms with van der Waals surface area (Å²) in [6.45, 7) is 1.75. The van der Waals surface area contributed by atoms with Gasteiger partial charge in [0.25, 0.3) is 0 Å². The number of rotatable bonds is 4. The van der Waals surface area contributed by atoms with Crippen molar-refractivity contribution in [3.63, 3.8) is 0 Å². The van der Waals surface area contributed by atoms with Crippen molar-refractivity contribution in [2.75, 3.05) is 23.7 Å². The fourth-order valence-electron chi connectivity index (χ4n) is 5.19. The van der Waals surface area contributed by atoms with Crippen molar-refractivity contribution < 1.29 is 32.3 Å².